The summed E-state index contributed by atoms with van der Waals surface area (Å²) in [5.74, 6) is -0.0514. The van der Waals surface area contributed by atoms with Crippen LogP contribution in [0.3, 0.4) is 0 Å². The van der Waals surface area contributed by atoms with Crippen molar-refractivity contribution in [3.05, 3.63) is 126 Å². The van der Waals surface area contributed by atoms with E-state index < -0.39 is 0 Å². The van der Waals surface area contributed by atoms with Gasteiger partial charge in [0.15, 0.2) is 0 Å². The van der Waals surface area contributed by atoms with Gasteiger partial charge < -0.3 is 9.88 Å². The van der Waals surface area contributed by atoms with Gasteiger partial charge in [-0.05, 0) is 54.8 Å². The third kappa shape index (κ3) is 4.64. The van der Waals surface area contributed by atoms with Crippen molar-refractivity contribution in [2.24, 2.45) is 0 Å². The molecule has 4 rings (SSSR count). The molecule has 0 fully saturated rings. The monoisotopic (exact) mass is 380 g/mol. The van der Waals surface area contributed by atoms with E-state index in [-0.39, 0.29) is 11.9 Å². The molecule has 0 spiro atoms. The first kappa shape index (κ1) is 18.8. The Morgan fingerprint density at radius 3 is 2.07 bits per heavy atom. The smallest absolute Gasteiger partial charge is 0.251 e. The highest BCUT2D eigenvalue weighted by Gasteiger charge is 2.19. The second-order valence-electron chi connectivity index (χ2n) is 7.05. The molecule has 29 heavy (non-hydrogen) atoms. The van der Waals surface area contributed by atoms with Crippen molar-refractivity contribution in [2.45, 2.75) is 18.9 Å². The first-order valence-electron chi connectivity index (χ1n) is 9.94. The number of hydrogen-bond donors (Lipinski definition) is 1. The van der Waals surface area contributed by atoms with Crippen LogP contribution in [-0.2, 0) is 6.42 Å². The van der Waals surface area contributed by atoms with Crippen LogP contribution in [0.5, 0.6) is 0 Å². The average molecular weight is 380 g/mol. The summed E-state index contributed by atoms with van der Waals surface area (Å²) in [6.45, 7) is 0. The Morgan fingerprint density at radius 1 is 0.759 bits per heavy atom. The quantitative estimate of drug-likeness (QED) is 0.446. The molecule has 1 unspecified atom stereocenters. The number of aryl methyl sites for hydroxylation is 1. The maximum atomic E-state index is 12.9. The van der Waals surface area contributed by atoms with E-state index in [1.165, 1.54) is 5.56 Å². The van der Waals surface area contributed by atoms with Crippen molar-refractivity contribution in [3.8, 4) is 5.69 Å². The van der Waals surface area contributed by atoms with Gasteiger partial charge in [-0.3, -0.25) is 4.79 Å². The van der Waals surface area contributed by atoms with Crippen molar-refractivity contribution in [2.75, 3.05) is 0 Å². The van der Waals surface area contributed by atoms with Gasteiger partial charge in [0.25, 0.3) is 5.91 Å². The first-order valence-corrected chi connectivity index (χ1v) is 9.94. The Kier molecular flexibility index (Phi) is 5.87. The van der Waals surface area contributed by atoms with E-state index in [2.05, 4.69) is 58.5 Å². The number of rotatable bonds is 7. The molecule has 1 heterocycles. The van der Waals surface area contributed by atoms with Gasteiger partial charge >= 0.3 is 0 Å². The number of benzene rings is 3. The van der Waals surface area contributed by atoms with Crippen LogP contribution < -0.4 is 5.32 Å². The first-order chi connectivity index (χ1) is 14.3. The second-order valence-corrected chi connectivity index (χ2v) is 7.05. The lowest BCUT2D eigenvalue weighted by atomic mass is 10.0. The van der Waals surface area contributed by atoms with Crippen LogP contribution in [0.15, 0.2) is 109 Å². The molecule has 0 bridgehead atoms. The highest BCUT2D eigenvalue weighted by atomic mass is 16.1. The lowest BCUT2D eigenvalue weighted by molar-refractivity contribution is 0.0933. The molecule has 0 saturated heterocycles. The number of aromatic nitrogens is 1. The molecule has 144 valence electrons. The lowest BCUT2D eigenvalue weighted by Crippen LogP contribution is -2.30. The Bertz CT molecular complexity index is 1040. The van der Waals surface area contributed by atoms with Crippen LogP contribution in [0.2, 0.25) is 0 Å². The summed E-state index contributed by atoms with van der Waals surface area (Å²) >= 11 is 0. The second kappa shape index (κ2) is 9.07. The summed E-state index contributed by atoms with van der Waals surface area (Å²) < 4.78 is 2.15. The maximum absolute atomic E-state index is 12.9. The van der Waals surface area contributed by atoms with E-state index in [1.807, 2.05) is 60.7 Å². The number of amides is 1. The Morgan fingerprint density at radius 2 is 1.38 bits per heavy atom. The zero-order valence-electron chi connectivity index (χ0n) is 16.2. The van der Waals surface area contributed by atoms with Crippen LogP contribution in [-0.4, -0.2) is 10.5 Å². The molecule has 3 heteroatoms. The summed E-state index contributed by atoms with van der Waals surface area (Å²) in [4.78, 5) is 12.9. The number of nitrogens with one attached hydrogen (secondary N) is 1. The zero-order valence-corrected chi connectivity index (χ0v) is 16.2. The standard InChI is InChI=1S/C26H24N2O/c29-26(22-13-6-2-7-14-22)27-24(19-18-21-11-4-1-5-12-21)25-17-10-20-28(25)23-15-8-3-9-16-23/h1-17,20,24H,18-19H2,(H,27,29). The lowest BCUT2D eigenvalue weighted by Gasteiger charge is -2.22. The molecule has 0 saturated carbocycles. The van der Waals surface area contributed by atoms with Crippen LogP contribution in [0.25, 0.3) is 5.69 Å². The van der Waals surface area contributed by atoms with Gasteiger partial charge in [-0.2, -0.15) is 0 Å². The Balaban J connectivity index is 1.62. The Hall–Kier alpha value is -3.59. The fourth-order valence-electron chi connectivity index (χ4n) is 3.58. The number of nitrogens with zero attached hydrogens (tertiary/aromatic N) is 1. The predicted octanol–water partition coefficient (Wildman–Crippen LogP) is 5.58. The number of carbonyl (C=O) groups is 1. The summed E-state index contributed by atoms with van der Waals surface area (Å²) in [6.07, 6.45) is 3.76. The van der Waals surface area contributed by atoms with E-state index in [9.17, 15) is 4.79 Å². The topological polar surface area (TPSA) is 34.0 Å². The van der Waals surface area contributed by atoms with Gasteiger partial charge in [-0.1, -0.05) is 66.7 Å². The molecule has 4 aromatic rings. The fourth-order valence-corrected chi connectivity index (χ4v) is 3.58. The van der Waals surface area contributed by atoms with Crippen molar-refractivity contribution >= 4 is 5.91 Å². The number of carbonyl (C=O) groups excluding carboxylic acids is 1. The van der Waals surface area contributed by atoms with Crippen LogP contribution in [0.4, 0.5) is 0 Å². The van der Waals surface area contributed by atoms with Crippen LogP contribution in [0.1, 0.15) is 34.1 Å². The predicted molar refractivity (Wildman–Crippen MR) is 117 cm³/mol. The molecule has 0 aliphatic carbocycles. The van der Waals surface area contributed by atoms with Crippen LogP contribution in [0, 0.1) is 0 Å². The summed E-state index contributed by atoms with van der Waals surface area (Å²) in [5.41, 5.74) is 4.11. The molecule has 1 amide bonds. The van der Waals surface area contributed by atoms with E-state index in [0.29, 0.717) is 5.56 Å². The molecular weight excluding hydrogens is 356 g/mol. The minimum atomic E-state index is -0.0990. The summed E-state index contributed by atoms with van der Waals surface area (Å²) in [5, 5.41) is 3.26. The van der Waals surface area contributed by atoms with E-state index in [0.717, 1.165) is 24.2 Å². The molecular formula is C26H24N2O. The van der Waals surface area contributed by atoms with Gasteiger partial charge in [0.1, 0.15) is 0 Å². The number of hydrogen-bond acceptors (Lipinski definition) is 1. The summed E-state index contributed by atoms with van der Waals surface area (Å²) in [7, 11) is 0. The van der Waals surface area contributed by atoms with Crippen molar-refractivity contribution in [1.29, 1.82) is 0 Å². The zero-order chi connectivity index (χ0) is 19.9. The third-order valence-corrected chi connectivity index (χ3v) is 5.08. The molecule has 1 atom stereocenters. The number of para-hydroxylation sites is 1. The minimum Gasteiger partial charge on any atom is -0.344 e. The highest BCUT2D eigenvalue weighted by Crippen LogP contribution is 2.24. The largest absolute Gasteiger partial charge is 0.344 e. The average Bonchev–Trinajstić information content (AvgIpc) is 3.28. The van der Waals surface area contributed by atoms with Crippen LogP contribution >= 0.6 is 0 Å². The molecule has 3 nitrogen and oxygen atoms in total. The molecule has 1 aromatic heterocycles. The van der Waals surface area contributed by atoms with E-state index in [1.54, 1.807) is 0 Å². The molecule has 0 aliphatic heterocycles. The fraction of sp³-hybridized carbons (Fsp3) is 0.115. The summed E-state index contributed by atoms with van der Waals surface area (Å²) in [6, 6.07) is 34.0. The maximum Gasteiger partial charge on any atom is 0.251 e. The van der Waals surface area contributed by atoms with Gasteiger partial charge in [0.05, 0.1) is 6.04 Å². The minimum absolute atomic E-state index is 0.0514. The normalized spacial score (nSPS) is 11.7. The van der Waals surface area contributed by atoms with Crippen molar-refractivity contribution in [3.63, 3.8) is 0 Å². The van der Waals surface area contributed by atoms with Gasteiger partial charge in [0, 0.05) is 23.1 Å². The molecule has 0 radical (unpaired) electrons. The van der Waals surface area contributed by atoms with Crippen molar-refractivity contribution < 1.29 is 4.79 Å². The molecule has 3 aromatic carbocycles. The Labute approximate surface area is 171 Å². The molecule has 0 aliphatic rings. The van der Waals surface area contributed by atoms with E-state index >= 15 is 0 Å². The highest BCUT2D eigenvalue weighted by molar-refractivity contribution is 5.94. The van der Waals surface area contributed by atoms with E-state index in [4.69, 9.17) is 0 Å². The van der Waals surface area contributed by atoms with Gasteiger partial charge in [-0.15, -0.1) is 0 Å². The van der Waals surface area contributed by atoms with Gasteiger partial charge in [0.2, 0.25) is 0 Å². The van der Waals surface area contributed by atoms with Crippen molar-refractivity contribution in [1.82, 2.24) is 9.88 Å². The van der Waals surface area contributed by atoms with Gasteiger partial charge in [-0.25, -0.2) is 0 Å². The third-order valence-electron chi connectivity index (χ3n) is 5.08. The SMILES string of the molecule is O=C(NC(CCc1ccccc1)c1cccn1-c1ccccc1)c1ccccc1. The molecule has 1 N–H and O–H groups in total.